The minimum atomic E-state index is -0.351. The molecule has 2 aliphatic carbocycles. The number of hydrogen-bond donors (Lipinski definition) is 0. The summed E-state index contributed by atoms with van der Waals surface area (Å²) in [6, 6.07) is 16.5. The lowest BCUT2D eigenvalue weighted by molar-refractivity contribution is 0.190. The zero-order valence-electron chi connectivity index (χ0n) is 31.3. The van der Waals surface area contributed by atoms with E-state index in [1.807, 2.05) is 18.2 Å². The molecule has 268 valence electrons. The number of benzene rings is 3. The summed E-state index contributed by atoms with van der Waals surface area (Å²) in [4.78, 5) is 31.3. The van der Waals surface area contributed by atoms with Gasteiger partial charge in [0.2, 0.25) is 17.9 Å². The highest BCUT2D eigenvalue weighted by Gasteiger charge is 2.40. The van der Waals surface area contributed by atoms with Crippen molar-refractivity contribution in [1.82, 2.24) is 4.90 Å². The maximum atomic E-state index is 15.6. The van der Waals surface area contributed by atoms with Crippen LogP contribution in [-0.2, 0) is 10.8 Å². The summed E-state index contributed by atoms with van der Waals surface area (Å²) in [5.41, 5.74) is 5.27. The lowest BCUT2D eigenvalue weighted by atomic mass is 9.64. The van der Waals surface area contributed by atoms with Gasteiger partial charge in [0, 0.05) is 16.7 Å². The quantitative estimate of drug-likeness (QED) is 0.231. The summed E-state index contributed by atoms with van der Waals surface area (Å²) in [6.07, 6.45) is 7.88. The molecule has 7 nitrogen and oxygen atoms in total. The Labute approximate surface area is 305 Å². The molecule has 8 rings (SSSR count). The Morgan fingerprint density at radius 3 is 1.38 bits per heavy atom. The number of nitrogens with zero attached hydrogens (tertiary/aromatic N) is 7. The van der Waals surface area contributed by atoms with Crippen molar-refractivity contribution in [3.05, 3.63) is 105 Å². The molecule has 52 heavy (non-hydrogen) atoms. The molecule has 2 saturated carbocycles. The molecular formula is C43H47F2N7. The molecule has 3 aliphatic heterocycles. The molecule has 0 N–H and O–H groups in total. The molecule has 3 heterocycles. The number of aryl methyl sites for hydroxylation is 1. The van der Waals surface area contributed by atoms with Crippen molar-refractivity contribution in [2.24, 2.45) is 41.8 Å². The van der Waals surface area contributed by atoms with Gasteiger partial charge in [-0.2, -0.15) is 30.0 Å². The van der Waals surface area contributed by atoms with Gasteiger partial charge in [-0.05, 0) is 126 Å². The van der Waals surface area contributed by atoms with Crippen molar-refractivity contribution in [2.75, 3.05) is 0 Å². The van der Waals surface area contributed by atoms with Crippen molar-refractivity contribution in [3.8, 4) is 0 Å². The number of aliphatic imine (C=N–C) groups is 6. The first-order valence-electron chi connectivity index (χ1n) is 18.8. The third-order valence-corrected chi connectivity index (χ3v) is 12.3. The second-order valence-electron chi connectivity index (χ2n) is 16.5. The molecule has 0 atom stereocenters. The van der Waals surface area contributed by atoms with Crippen molar-refractivity contribution in [2.45, 2.75) is 110 Å². The van der Waals surface area contributed by atoms with Crippen molar-refractivity contribution < 1.29 is 8.78 Å². The van der Waals surface area contributed by atoms with Crippen LogP contribution in [0.5, 0.6) is 0 Å². The number of guanidine groups is 3. The van der Waals surface area contributed by atoms with Crippen molar-refractivity contribution >= 4 is 35.4 Å². The average Bonchev–Trinajstić information content (AvgIpc) is 3.64. The Hall–Kier alpha value is -4.66. The predicted octanol–water partition coefficient (Wildman–Crippen LogP) is 9.99. The van der Waals surface area contributed by atoms with E-state index in [0.29, 0.717) is 75.4 Å². The van der Waals surface area contributed by atoms with Crippen LogP contribution in [0.25, 0.3) is 0 Å². The normalized spacial score (nSPS) is 19.4. The van der Waals surface area contributed by atoms with E-state index in [-0.39, 0.29) is 22.5 Å². The minimum absolute atomic E-state index is 0.222. The fourth-order valence-electron chi connectivity index (χ4n) is 8.61. The fourth-order valence-corrected chi connectivity index (χ4v) is 8.61. The van der Waals surface area contributed by atoms with Gasteiger partial charge in [0.25, 0.3) is 0 Å². The van der Waals surface area contributed by atoms with Gasteiger partial charge in [-0.15, -0.1) is 0 Å². The smallest absolute Gasteiger partial charge is 0.213 e. The Morgan fingerprint density at radius 2 is 0.981 bits per heavy atom. The molecule has 0 bridgehead atoms. The molecule has 0 spiro atoms. The van der Waals surface area contributed by atoms with E-state index >= 15 is 8.78 Å². The second-order valence-corrected chi connectivity index (χ2v) is 16.5. The van der Waals surface area contributed by atoms with E-state index in [9.17, 15) is 0 Å². The van der Waals surface area contributed by atoms with E-state index in [0.717, 1.165) is 31.2 Å². The van der Waals surface area contributed by atoms with Gasteiger partial charge in [0.15, 0.2) is 17.5 Å². The van der Waals surface area contributed by atoms with Crippen molar-refractivity contribution in [3.63, 3.8) is 0 Å². The van der Waals surface area contributed by atoms with Crippen molar-refractivity contribution in [1.29, 1.82) is 0 Å². The average molecular weight is 700 g/mol. The first-order valence-corrected chi connectivity index (χ1v) is 18.8. The van der Waals surface area contributed by atoms with Crippen LogP contribution >= 0.6 is 0 Å². The second kappa shape index (κ2) is 12.8. The Bertz CT molecular complexity index is 2160. The van der Waals surface area contributed by atoms with Crippen LogP contribution in [0.4, 0.5) is 8.78 Å². The van der Waals surface area contributed by atoms with Gasteiger partial charge >= 0.3 is 0 Å². The van der Waals surface area contributed by atoms with E-state index in [1.54, 1.807) is 17.0 Å². The molecule has 5 aliphatic rings. The van der Waals surface area contributed by atoms with E-state index in [1.165, 1.54) is 42.5 Å². The molecule has 3 aromatic carbocycles. The van der Waals surface area contributed by atoms with E-state index in [2.05, 4.69) is 60.6 Å². The molecule has 2 fully saturated rings. The largest absolute Gasteiger partial charge is 0.243 e. The van der Waals surface area contributed by atoms with Crippen LogP contribution in [0.2, 0.25) is 0 Å². The zero-order chi connectivity index (χ0) is 36.5. The van der Waals surface area contributed by atoms with E-state index < -0.39 is 0 Å². The first-order chi connectivity index (χ1) is 24.8. The molecule has 0 unspecified atom stereocenters. The third-order valence-electron chi connectivity index (χ3n) is 12.3. The van der Waals surface area contributed by atoms with Crippen LogP contribution in [0.3, 0.4) is 0 Å². The predicted molar refractivity (Wildman–Crippen MR) is 207 cm³/mol. The molecular weight excluding hydrogens is 653 g/mol. The van der Waals surface area contributed by atoms with Gasteiger partial charge in [-0.1, -0.05) is 72.9 Å². The standard InChI is InChI=1S/C43H47F2N7/c1-24(2)31-21-26(16-15-25(31)3)36-46-39-48-37(27-17-19-34(44)32(22-27)42(4,5)29-11-8-9-12-29)50-41-51-38(49-40(47-36)52(39)41)28-18-20-35(45)33(23-28)43(6,7)30-13-10-14-30/h15-24,29-30H,8-14H2,1-7H3. The van der Waals surface area contributed by atoms with Gasteiger partial charge in [0.1, 0.15) is 11.6 Å². The highest BCUT2D eigenvalue weighted by atomic mass is 19.1. The lowest BCUT2D eigenvalue weighted by Crippen LogP contribution is -2.48. The molecule has 0 amide bonds. The maximum Gasteiger partial charge on any atom is 0.243 e. The zero-order valence-corrected chi connectivity index (χ0v) is 31.3. The highest BCUT2D eigenvalue weighted by Crippen LogP contribution is 2.45. The summed E-state index contributed by atoms with van der Waals surface area (Å²) in [5, 5.41) is 0. The SMILES string of the molecule is Cc1ccc(C2=NC3=NC(c4ccc(F)c(C(C)(C)C5CCC5)c4)=NC4=NC(c5ccc(F)c(C(C)(C)C6CCCC6)c5)=NC(=N2)N43)cc1C(C)C. The minimum Gasteiger partial charge on any atom is -0.213 e. The van der Waals surface area contributed by atoms with Gasteiger partial charge < -0.3 is 0 Å². The fraction of sp³-hybridized carbons (Fsp3) is 0.442. The third kappa shape index (κ3) is 5.86. The number of hydrogen-bond acceptors (Lipinski definition) is 7. The summed E-state index contributed by atoms with van der Waals surface area (Å²) in [7, 11) is 0. The molecule has 0 saturated heterocycles. The number of rotatable bonds is 8. The Morgan fingerprint density at radius 1 is 0.577 bits per heavy atom. The van der Waals surface area contributed by atoms with Crippen LogP contribution in [-0.4, -0.2) is 40.3 Å². The summed E-state index contributed by atoms with van der Waals surface area (Å²) in [6.45, 7) is 15.0. The van der Waals surface area contributed by atoms with Crippen LogP contribution in [0, 0.1) is 30.4 Å². The monoisotopic (exact) mass is 699 g/mol. The molecule has 3 aromatic rings. The maximum absolute atomic E-state index is 15.6. The highest BCUT2D eigenvalue weighted by molar-refractivity contribution is 6.34. The molecule has 0 radical (unpaired) electrons. The lowest BCUT2D eigenvalue weighted by Gasteiger charge is -2.41. The summed E-state index contributed by atoms with van der Waals surface area (Å²) in [5.74, 6) is 2.92. The summed E-state index contributed by atoms with van der Waals surface area (Å²) < 4.78 is 31.1. The Balaban J connectivity index is 1.27. The van der Waals surface area contributed by atoms with E-state index in [4.69, 9.17) is 30.0 Å². The Kier molecular flexibility index (Phi) is 8.46. The molecule has 9 heteroatoms. The van der Waals surface area contributed by atoms with Crippen LogP contribution in [0.15, 0.2) is 84.6 Å². The van der Waals surface area contributed by atoms with Gasteiger partial charge in [-0.25, -0.2) is 13.7 Å². The first kappa shape index (κ1) is 34.4. The summed E-state index contributed by atoms with van der Waals surface area (Å²) >= 11 is 0. The number of amidine groups is 3. The topological polar surface area (TPSA) is 77.4 Å². The van der Waals surface area contributed by atoms with Gasteiger partial charge in [0.05, 0.1) is 0 Å². The van der Waals surface area contributed by atoms with Crippen LogP contribution in [0.1, 0.15) is 131 Å². The number of halogens is 2. The van der Waals surface area contributed by atoms with Crippen LogP contribution < -0.4 is 0 Å². The van der Waals surface area contributed by atoms with Gasteiger partial charge in [-0.3, -0.25) is 0 Å². The molecule has 0 aromatic heterocycles.